The Bertz CT molecular complexity index is 1300. The molecule has 4 rings (SSSR count). The molecular formula is C30H38F3N3O. The number of alkyl halides is 3. The van der Waals surface area contributed by atoms with E-state index in [0.29, 0.717) is 11.2 Å². The SMILES string of the molecule is CC(C)(C)CC(C)(C)C1=CC(C(C)(C)C2=CC=CCC2)C(O)C(n2nc3ccc(C(F)(F)F)cc3n2)=C1. The van der Waals surface area contributed by atoms with E-state index in [1.54, 1.807) is 0 Å². The molecule has 0 saturated carbocycles. The van der Waals surface area contributed by atoms with Crippen molar-refractivity contribution in [3.8, 4) is 0 Å². The third kappa shape index (κ3) is 5.62. The van der Waals surface area contributed by atoms with Crippen LogP contribution in [-0.2, 0) is 6.18 Å². The number of rotatable bonds is 5. The molecule has 0 spiro atoms. The van der Waals surface area contributed by atoms with Gasteiger partial charge in [0.1, 0.15) is 17.1 Å². The minimum atomic E-state index is -4.47. The van der Waals surface area contributed by atoms with Crippen LogP contribution in [0.2, 0.25) is 0 Å². The zero-order valence-electron chi connectivity index (χ0n) is 22.8. The van der Waals surface area contributed by atoms with Gasteiger partial charge >= 0.3 is 6.18 Å². The Morgan fingerprint density at radius 1 is 1.00 bits per heavy atom. The van der Waals surface area contributed by atoms with Gasteiger partial charge in [-0.25, -0.2) is 0 Å². The van der Waals surface area contributed by atoms with Crippen LogP contribution in [0.1, 0.15) is 73.3 Å². The summed E-state index contributed by atoms with van der Waals surface area (Å²) in [7, 11) is 0. The highest BCUT2D eigenvalue weighted by Gasteiger charge is 2.43. The Kier molecular flexibility index (Phi) is 6.85. The minimum Gasteiger partial charge on any atom is -0.386 e. The molecule has 1 aromatic carbocycles. The number of halogens is 3. The van der Waals surface area contributed by atoms with Gasteiger partial charge in [-0.05, 0) is 65.4 Å². The molecule has 2 unspecified atom stereocenters. The van der Waals surface area contributed by atoms with Crippen molar-refractivity contribution in [3.63, 3.8) is 0 Å². The van der Waals surface area contributed by atoms with Gasteiger partial charge < -0.3 is 5.11 Å². The fourth-order valence-corrected chi connectivity index (χ4v) is 5.95. The molecule has 7 heteroatoms. The summed E-state index contributed by atoms with van der Waals surface area (Å²) < 4.78 is 39.9. The summed E-state index contributed by atoms with van der Waals surface area (Å²) in [5.74, 6) is -0.264. The second-order valence-corrected chi connectivity index (χ2v) is 12.9. The number of aliphatic hydroxyl groups is 1. The predicted octanol–water partition coefficient (Wildman–Crippen LogP) is 7.97. The highest BCUT2D eigenvalue weighted by atomic mass is 19.4. The normalized spacial score (nSPS) is 21.6. The van der Waals surface area contributed by atoms with Crippen molar-refractivity contribution >= 4 is 16.7 Å². The van der Waals surface area contributed by atoms with Gasteiger partial charge in [-0.1, -0.05) is 78.3 Å². The molecule has 0 aliphatic heterocycles. The van der Waals surface area contributed by atoms with E-state index in [4.69, 9.17) is 0 Å². The van der Waals surface area contributed by atoms with Crippen LogP contribution in [-0.4, -0.2) is 26.2 Å². The average Bonchev–Trinajstić information content (AvgIpc) is 3.20. The third-order valence-electron chi connectivity index (χ3n) is 7.67. The van der Waals surface area contributed by atoms with Gasteiger partial charge in [0, 0.05) is 5.92 Å². The van der Waals surface area contributed by atoms with Crippen molar-refractivity contribution in [2.45, 2.75) is 80.0 Å². The Labute approximate surface area is 217 Å². The number of fused-ring (bicyclic) bond motifs is 1. The van der Waals surface area contributed by atoms with Crippen LogP contribution in [0.15, 0.2) is 59.7 Å². The van der Waals surface area contributed by atoms with Gasteiger partial charge in [0.05, 0.1) is 11.3 Å². The van der Waals surface area contributed by atoms with E-state index in [-0.39, 0.29) is 27.7 Å². The smallest absolute Gasteiger partial charge is 0.386 e. The zero-order valence-corrected chi connectivity index (χ0v) is 22.8. The van der Waals surface area contributed by atoms with Crippen LogP contribution in [0, 0.1) is 22.2 Å². The van der Waals surface area contributed by atoms with E-state index >= 15 is 0 Å². The molecule has 1 aromatic heterocycles. The highest BCUT2D eigenvalue weighted by molar-refractivity contribution is 5.76. The Morgan fingerprint density at radius 3 is 2.27 bits per heavy atom. The molecular weight excluding hydrogens is 475 g/mol. The first-order chi connectivity index (χ1) is 17.0. The molecule has 2 atom stereocenters. The van der Waals surface area contributed by atoms with Crippen molar-refractivity contribution in [1.82, 2.24) is 15.0 Å². The lowest BCUT2D eigenvalue weighted by molar-refractivity contribution is -0.137. The van der Waals surface area contributed by atoms with E-state index in [1.165, 1.54) is 16.4 Å². The summed E-state index contributed by atoms with van der Waals surface area (Å²) in [6.07, 6.45) is 7.88. The van der Waals surface area contributed by atoms with E-state index in [2.05, 4.69) is 83.0 Å². The van der Waals surface area contributed by atoms with Gasteiger partial charge in [-0.15, -0.1) is 10.2 Å². The number of hydrogen-bond acceptors (Lipinski definition) is 3. The van der Waals surface area contributed by atoms with Crippen molar-refractivity contribution in [3.05, 3.63) is 65.3 Å². The molecule has 2 aromatic rings. The van der Waals surface area contributed by atoms with Crippen molar-refractivity contribution in [2.75, 3.05) is 0 Å². The maximum absolute atomic E-state index is 13.3. The van der Waals surface area contributed by atoms with E-state index in [1.807, 2.05) is 6.08 Å². The molecule has 200 valence electrons. The predicted molar refractivity (Wildman–Crippen MR) is 142 cm³/mol. The van der Waals surface area contributed by atoms with Crippen LogP contribution in [0.5, 0.6) is 0 Å². The van der Waals surface area contributed by atoms with Crippen LogP contribution < -0.4 is 0 Å². The van der Waals surface area contributed by atoms with Crippen LogP contribution in [0.4, 0.5) is 13.2 Å². The minimum absolute atomic E-state index is 0.0722. The zero-order chi connectivity index (χ0) is 27.4. The number of hydrogen-bond donors (Lipinski definition) is 1. The first-order valence-corrected chi connectivity index (χ1v) is 12.9. The van der Waals surface area contributed by atoms with Gasteiger partial charge in [0.25, 0.3) is 0 Å². The van der Waals surface area contributed by atoms with E-state index < -0.39 is 17.8 Å². The second-order valence-electron chi connectivity index (χ2n) is 12.9. The van der Waals surface area contributed by atoms with E-state index in [0.717, 1.165) is 37.0 Å². The molecule has 0 fully saturated rings. The summed E-state index contributed by atoms with van der Waals surface area (Å²) in [6, 6.07) is 3.35. The molecule has 4 nitrogen and oxygen atoms in total. The van der Waals surface area contributed by atoms with Crippen LogP contribution >= 0.6 is 0 Å². The van der Waals surface area contributed by atoms with Gasteiger partial charge in [-0.2, -0.15) is 18.0 Å². The average molecular weight is 514 g/mol. The standard InChI is InChI=1S/C30H38F3N3O/c1-27(2,3)18-28(4,5)21-15-22(29(6,7)19-11-9-8-10-12-19)26(37)25(17-21)36-34-23-14-13-20(30(31,32)33)16-24(23)35-36/h8-9,11,13-17,22,26,37H,10,12,18H2,1-7H3. The highest BCUT2D eigenvalue weighted by Crippen LogP contribution is 2.49. The largest absolute Gasteiger partial charge is 0.416 e. The first-order valence-electron chi connectivity index (χ1n) is 12.9. The molecule has 0 saturated heterocycles. The number of aliphatic hydroxyl groups excluding tert-OH is 1. The van der Waals surface area contributed by atoms with Crippen molar-refractivity contribution in [2.24, 2.45) is 22.2 Å². The Morgan fingerprint density at radius 2 is 1.68 bits per heavy atom. The lowest BCUT2D eigenvalue weighted by Gasteiger charge is -2.43. The first kappa shape index (κ1) is 27.4. The van der Waals surface area contributed by atoms with Crippen LogP contribution in [0.25, 0.3) is 16.7 Å². The van der Waals surface area contributed by atoms with Gasteiger partial charge in [0.15, 0.2) is 0 Å². The summed E-state index contributed by atoms with van der Waals surface area (Å²) in [5.41, 5.74) is 2.04. The number of aromatic nitrogens is 3. The lowest BCUT2D eigenvalue weighted by atomic mass is 9.63. The summed E-state index contributed by atoms with van der Waals surface area (Å²) in [5, 5.41) is 20.6. The van der Waals surface area contributed by atoms with Crippen molar-refractivity contribution in [1.29, 1.82) is 0 Å². The molecule has 2 aliphatic carbocycles. The molecule has 0 amide bonds. The quantitative estimate of drug-likeness (QED) is 0.441. The van der Waals surface area contributed by atoms with Gasteiger partial charge in [-0.3, -0.25) is 0 Å². The summed E-state index contributed by atoms with van der Waals surface area (Å²) >= 11 is 0. The number of nitrogens with zero attached hydrogens (tertiary/aromatic N) is 3. The fraction of sp³-hybridized carbons (Fsp3) is 0.533. The molecule has 37 heavy (non-hydrogen) atoms. The monoisotopic (exact) mass is 513 g/mol. The Balaban J connectivity index is 1.84. The topological polar surface area (TPSA) is 50.9 Å². The molecule has 0 bridgehead atoms. The van der Waals surface area contributed by atoms with Gasteiger partial charge in [0.2, 0.25) is 0 Å². The molecule has 0 radical (unpaired) electrons. The maximum Gasteiger partial charge on any atom is 0.416 e. The van der Waals surface area contributed by atoms with Crippen molar-refractivity contribution < 1.29 is 18.3 Å². The summed E-state index contributed by atoms with van der Waals surface area (Å²) in [4.78, 5) is 1.33. The third-order valence-corrected chi connectivity index (χ3v) is 7.67. The lowest BCUT2D eigenvalue weighted by Crippen LogP contribution is -2.40. The molecule has 2 aliphatic rings. The molecule has 1 N–H and O–H groups in total. The van der Waals surface area contributed by atoms with Crippen LogP contribution in [0.3, 0.4) is 0 Å². The molecule has 1 heterocycles. The second kappa shape index (κ2) is 9.26. The Hall–Kier alpha value is -2.67. The number of benzene rings is 1. The number of allylic oxidation sites excluding steroid dienone is 6. The fourth-order valence-electron chi connectivity index (χ4n) is 5.95. The summed E-state index contributed by atoms with van der Waals surface area (Å²) in [6.45, 7) is 15.3. The van der Waals surface area contributed by atoms with E-state index in [9.17, 15) is 18.3 Å². The maximum atomic E-state index is 13.3.